The second-order valence-corrected chi connectivity index (χ2v) is 6.27. The molecule has 0 aromatic carbocycles. The van der Waals surface area contributed by atoms with Gasteiger partial charge < -0.3 is 15.1 Å². The van der Waals surface area contributed by atoms with E-state index in [1.54, 1.807) is 0 Å². The number of carbonyl (C=O) groups excluding carboxylic acids is 2. The lowest BCUT2D eigenvalue weighted by Gasteiger charge is -2.35. The molecule has 5 heteroatoms. The minimum atomic E-state index is -0.722. The first kappa shape index (κ1) is 16.3. The lowest BCUT2D eigenvalue weighted by molar-refractivity contribution is -0.145. The molecule has 2 fully saturated rings. The molecule has 21 heavy (non-hydrogen) atoms. The van der Waals surface area contributed by atoms with Crippen LogP contribution in [0, 0.1) is 5.41 Å². The van der Waals surface area contributed by atoms with E-state index in [0.717, 1.165) is 64.8 Å². The highest BCUT2D eigenvalue weighted by Gasteiger charge is 2.57. The number of amides is 2. The van der Waals surface area contributed by atoms with Crippen LogP contribution < -0.4 is 5.32 Å². The van der Waals surface area contributed by atoms with Crippen molar-refractivity contribution in [3.8, 4) is 0 Å². The van der Waals surface area contributed by atoms with Crippen molar-refractivity contribution < 1.29 is 9.59 Å². The number of nitrogens with zero attached hydrogens (tertiary/aromatic N) is 2. The molecule has 0 radical (unpaired) electrons. The molecule has 120 valence electrons. The van der Waals surface area contributed by atoms with E-state index in [-0.39, 0.29) is 11.8 Å². The van der Waals surface area contributed by atoms with Gasteiger partial charge in [-0.1, -0.05) is 26.7 Å². The molecule has 1 aliphatic heterocycles. The summed E-state index contributed by atoms with van der Waals surface area (Å²) in [6.07, 6.45) is 4.71. The van der Waals surface area contributed by atoms with Crippen LogP contribution in [0.4, 0.5) is 0 Å². The highest BCUT2D eigenvalue weighted by Crippen LogP contribution is 2.47. The number of unbranched alkanes of at least 4 members (excludes halogenated alkanes) is 2. The van der Waals surface area contributed by atoms with Crippen LogP contribution in [0.15, 0.2) is 0 Å². The van der Waals surface area contributed by atoms with Crippen LogP contribution in [-0.4, -0.2) is 60.9 Å². The molecular weight excluding hydrogens is 266 g/mol. The minimum absolute atomic E-state index is 0.0403. The Morgan fingerprint density at radius 3 is 2.24 bits per heavy atom. The molecule has 0 spiro atoms. The summed E-state index contributed by atoms with van der Waals surface area (Å²) in [5.74, 6) is 0.0211. The van der Waals surface area contributed by atoms with Gasteiger partial charge >= 0.3 is 0 Å². The lowest BCUT2D eigenvalue weighted by Crippen LogP contribution is -2.53. The molecule has 2 aliphatic rings. The van der Waals surface area contributed by atoms with E-state index < -0.39 is 5.41 Å². The average molecular weight is 295 g/mol. The van der Waals surface area contributed by atoms with E-state index in [9.17, 15) is 9.59 Å². The normalized spacial score (nSPS) is 21.1. The summed E-state index contributed by atoms with van der Waals surface area (Å²) in [6, 6.07) is 0. The maximum absolute atomic E-state index is 12.7. The van der Waals surface area contributed by atoms with Crippen molar-refractivity contribution in [2.75, 3.05) is 39.3 Å². The Balaban J connectivity index is 1.82. The first-order valence-electron chi connectivity index (χ1n) is 8.44. The predicted octanol–water partition coefficient (Wildman–Crippen LogP) is 1.24. The van der Waals surface area contributed by atoms with Gasteiger partial charge in [-0.2, -0.15) is 0 Å². The number of carbonyl (C=O) groups is 2. The number of hydrogen-bond acceptors (Lipinski definition) is 3. The van der Waals surface area contributed by atoms with Gasteiger partial charge in [-0.05, 0) is 25.8 Å². The van der Waals surface area contributed by atoms with Gasteiger partial charge in [0, 0.05) is 32.7 Å². The second kappa shape index (κ2) is 7.25. The third kappa shape index (κ3) is 3.76. The largest absolute Gasteiger partial charge is 0.355 e. The van der Waals surface area contributed by atoms with Crippen LogP contribution in [-0.2, 0) is 9.59 Å². The van der Waals surface area contributed by atoms with Crippen molar-refractivity contribution in [1.29, 1.82) is 0 Å². The van der Waals surface area contributed by atoms with Gasteiger partial charge in [-0.15, -0.1) is 0 Å². The average Bonchev–Trinajstić information content (AvgIpc) is 3.32. The van der Waals surface area contributed by atoms with E-state index in [1.807, 2.05) is 4.90 Å². The fourth-order valence-corrected chi connectivity index (χ4v) is 2.98. The summed E-state index contributed by atoms with van der Waals surface area (Å²) < 4.78 is 0. The smallest absolute Gasteiger partial charge is 0.238 e. The highest BCUT2D eigenvalue weighted by atomic mass is 16.2. The van der Waals surface area contributed by atoms with Crippen molar-refractivity contribution >= 4 is 11.8 Å². The highest BCUT2D eigenvalue weighted by molar-refractivity contribution is 6.07. The first-order valence-corrected chi connectivity index (χ1v) is 8.44. The molecule has 2 amide bonds. The molecule has 1 saturated carbocycles. The molecule has 5 nitrogen and oxygen atoms in total. The molecule has 1 aliphatic carbocycles. The number of rotatable bonds is 7. The number of likely N-dealkylation sites (N-methyl/N-ethyl adjacent to an activating group) is 1. The maximum Gasteiger partial charge on any atom is 0.238 e. The topological polar surface area (TPSA) is 52.7 Å². The van der Waals surface area contributed by atoms with Crippen molar-refractivity contribution in [1.82, 2.24) is 15.1 Å². The van der Waals surface area contributed by atoms with Crippen LogP contribution in [0.25, 0.3) is 0 Å². The molecule has 0 aromatic rings. The Hall–Kier alpha value is -1.10. The van der Waals surface area contributed by atoms with E-state index in [1.165, 1.54) is 0 Å². The summed E-state index contributed by atoms with van der Waals surface area (Å²) in [4.78, 5) is 29.2. The molecule has 0 atom stereocenters. The molecule has 0 aromatic heterocycles. The molecule has 0 unspecified atom stereocenters. The van der Waals surface area contributed by atoms with Crippen molar-refractivity contribution in [2.45, 2.75) is 46.0 Å². The maximum atomic E-state index is 12.7. The van der Waals surface area contributed by atoms with Gasteiger partial charge in [0.1, 0.15) is 5.41 Å². The quantitative estimate of drug-likeness (QED) is 0.568. The van der Waals surface area contributed by atoms with E-state index in [4.69, 9.17) is 0 Å². The summed E-state index contributed by atoms with van der Waals surface area (Å²) in [5, 5.41) is 2.96. The predicted molar refractivity (Wildman–Crippen MR) is 82.9 cm³/mol. The summed E-state index contributed by atoms with van der Waals surface area (Å²) in [6.45, 7) is 9.39. The monoisotopic (exact) mass is 295 g/mol. The Bertz CT molecular complexity index is 372. The zero-order valence-electron chi connectivity index (χ0n) is 13.5. The molecule has 1 N–H and O–H groups in total. The standard InChI is InChI=1S/C16H29N3O2/c1-3-5-6-9-17-14(20)16(7-8-16)15(21)19-12-10-18(4-2)11-13-19/h3-13H2,1-2H3,(H,17,20). The fraction of sp³-hybridized carbons (Fsp3) is 0.875. The van der Waals surface area contributed by atoms with Crippen LogP contribution in [0.5, 0.6) is 0 Å². The number of nitrogens with one attached hydrogen (secondary N) is 1. The van der Waals surface area contributed by atoms with Gasteiger partial charge in [-0.25, -0.2) is 0 Å². The van der Waals surface area contributed by atoms with E-state index >= 15 is 0 Å². The molecule has 2 rings (SSSR count). The lowest BCUT2D eigenvalue weighted by atomic mass is 10.0. The second-order valence-electron chi connectivity index (χ2n) is 6.27. The number of piperazine rings is 1. The zero-order valence-corrected chi connectivity index (χ0v) is 13.5. The Kier molecular flexibility index (Phi) is 5.62. The Morgan fingerprint density at radius 2 is 1.71 bits per heavy atom. The van der Waals surface area contributed by atoms with Gasteiger partial charge in [0.2, 0.25) is 11.8 Å². The zero-order chi connectivity index (χ0) is 15.3. The molecule has 1 heterocycles. The third-order valence-electron chi connectivity index (χ3n) is 4.77. The van der Waals surface area contributed by atoms with Gasteiger partial charge in [-0.3, -0.25) is 9.59 Å². The van der Waals surface area contributed by atoms with Crippen LogP contribution >= 0.6 is 0 Å². The first-order chi connectivity index (χ1) is 10.1. The van der Waals surface area contributed by atoms with Gasteiger partial charge in [0.05, 0.1) is 0 Å². The summed E-state index contributed by atoms with van der Waals surface area (Å²) >= 11 is 0. The molecule has 1 saturated heterocycles. The van der Waals surface area contributed by atoms with Crippen LogP contribution in [0.1, 0.15) is 46.0 Å². The van der Waals surface area contributed by atoms with Crippen LogP contribution in [0.2, 0.25) is 0 Å². The fourth-order valence-electron chi connectivity index (χ4n) is 2.98. The van der Waals surface area contributed by atoms with E-state index in [0.29, 0.717) is 6.54 Å². The summed E-state index contributed by atoms with van der Waals surface area (Å²) in [5.41, 5.74) is -0.722. The molecular formula is C16H29N3O2. The van der Waals surface area contributed by atoms with Gasteiger partial charge in [0.25, 0.3) is 0 Å². The Labute approximate surface area is 128 Å². The van der Waals surface area contributed by atoms with Crippen molar-refractivity contribution in [3.63, 3.8) is 0 Å². The SMILES string of the molecule is CCCCCNC(=O)C1(C(=O)N2CCN(CC)CC2)CC1. The minimum Gasteiger partial charge on any atom is -0.355 e. The molecule has 0 bridgehead atoms. The summed E-state index contributed by atoms with van der Waals surface area (Å²) in [7, 11) is 0. The Morgan fingerprint density at radius 1 is 1.05 bits per heavy atom. The third-order valence-corrected chi connectivity index (χ3v) is 4.77. The van der Waals surface area contributed by atoms with Crippen molar-refractivity contribution in [3.05, 3.63) is 0 Å². The number of hydrogen-bond donors (Lipinski definition) is 1. The van der Waals surface area contributed by atoms with Crippen LogP contribution in [0.3, 0.4) is 0 Å². The van der Waals surface area contributed by atoms with Gasteiger partial charge in [0.15, 0.2) is 0 Å². The van der Waals surface area contributed by atoms with Crippen molar-refractivity contribution in [2.24, 2.45) is 5.41 Å². The van der Waals surface area contributed by atoms with E-state index in [2.05, 4.69) is 24.1 Å².